The van der Waals surface area contributed by atoms with Crippen LogP contribution < -0.4 is 5.73 Å². The zero-order chi connectivity index (χ0) is 14.2. The van der Waals surface area contributed by atoms with Crippen molar-refractivity contribution in [3.63, 3.8) is 0 Å². The van der Waals surface area contributed by atoms with E-state index < -0.39 is 0 Å². The molecule has 2 amide bonds. The zero-order valence-corrected chi connectivity index (χ0v) is 11.8. The Morgan fingerprint density at radius 2 is 1.80 bits per heavy atom. The largest absolute Gasteiger partial charge is 0.368 e. The maximum atomic E-state index is 12.4. The molecule has 3 aliphatic rings. The van der Waals surface area contributed by atoms with Gasteiger partial charge in [-0.1, -0.05) is 0 Å². The molecule has 20 heavy (non-hydrogen) atoms. The van der Waals surface area contributed by atoms with Crippen LogP contribution in [0.3, 0.4) is 0 Å². The van der Waals surface area contributed by atoms with Gasteiger partial charge in [0.05, 0.1) is 5.41 Å². The molecule has 0 radical (unpaired) electrons. The zero-order valence-electron chi connectivity index (χ0n) is 11.8. The molecule has 3 rings (SSSR count). The standard InChI is InChI=1S/C14H23N3O3/c15-10-14(3-4-14)13(19)17-7-5-16(6-8-17)12(18)11-2-1-9-20-11/h11H,1-10,15H2. The number of ether oxygens (including phenoxy) is 1. The number of rotatable bonds is 3. The molecule has 3 fully saturated rings. The molecule has 0 aromatic rings. The van der Waals surface area contributed by atoms with Crippen molar-refractivity contribution in [3.8, 4) is 0 Å². The summed E-state index contributed by atoms with van der Waals surface area (Å²) < 4.78 is 5.44. The molecule has 0 bridgehead atoms. The Bertz CT molecular complexity index is 394. The number of nitrogens with two attached hydrogens (primary N) is 1. The average Bonchev–Trinajstić information content (AvgIpc) is 3.11. The van der Waals surface area contributed by atoms with Crippen molar-refractivity contribution in [2.45, 2.75) is 31.8 Å². The molecule has 0 aromatic heterocycles. The first-order valence-corrected chi connectivity index (χ1v) is 7.56. The minimum Gasteiger partial charge on any atom is -0.368 e. The second-order valence-corrected chi connectivity index (χ2v) is 6.10. The Morgan fingerprint density at radius 3 is 2.30 bits per heavy atom. The molecule has 2 N–H and O–H groups in total. The minimum absolute atomic E-state index is 0.0922. The topological polar surface area (TPSA) is 75.9 Å². The van der Waals surface area contributed by atoms with Crippen molar-refractivity contribution in [1.29, 1.82) is 0 Å². The summed E-state index contributed by atoms with van der Waals surface area (Å²) in [6.45, 7) is 3.61. The Hall–Kier alpha value is -1.14. The van der Waals surface area contributed by atoms with Crippen LogP contribution in [0.4, 0.5) is 0 Å². The molecule has 6 heteroatoms. The lowest BCUT2D eigenvalue weighted by molar-refractivity contribution is -0.147. The van der Waals surface area contributed by atoms with Gasteiger partial charge < -0.3 is 20.3 Å². The van der Waals surface area contributed by atoms with Gasteiger partial charge in [-0.05, 0) is 25.7 Å². The van der Waals surface area contributed by atoms with Gasteiger partial charge in [-0.15, -0.1) is 0 Å². The first-order chi connectivity index (χ1) is 9.66. The van der Waals surface area contributed by atoms with Crippen LogP contribution >= 0.6 is 0 Å². The Morgan fingerprint density at radius 1 is 1.15 bits per heavy atom. The van der Waals surface area contributed by atoms with E-state index in [0.717, 1.165) is 25.7 Å². The van der Waals surface area contributed by atoms with Crippen LogP contribution in [-0.4, -0.2) is 67.0 Å². The summed E-state index contributed by atoms with van der Waals surface area (Å²) in [5.41, 5.74) is 5.43. The predicted molar refractivity (Wildman–Crippen MR) is 72.9 cm³/mol. The van der Waals surface area contributed by atoms with E-state index in [0.29, 0.717) is 39.3 Å². The van der Waals surface area contributed by atoms with Crippen LogP contribution in [0.5, 0.6) is 0 Å². The third-order valence-corrected chi connectivity index (χ3v) is 4.78. The summed E-state index contributed by atoms with van der Waals surface area (Å²) >= 11 is 0. The fourth-order valence-electron chi connectivity index (χ4n) is 3.10. The monoisotopic (exact) mass is 281 g/mol. The second kappa shape index (κ2) is 5.33. The van der Waals surface area contributed by atoms with Crippen LogP contribution in [-0.2, 0) is 14.3 Å². The summed E-state index contributed by atoms with van der Waals surface area (Å²) in [6, 6.07) is 0. The van der Waals surface area contributed by atoms with E-state index in [1.54, 1.807) is 0 Å². The van der Waals surface area contributed by atoms with E-state index in [-0.39, 0.29) is 23.3 Å². The number of amides is 2. The van der Waals surface area contributed by atoms with Crippen LogP contribution in [0.2, 0.25) is 0 Å². The van der Waals surface area contributed by atoms with Crippen molar-refractivity contribution >= 4 is 11.8 Å². The third kappa shape index (κ3) is 2.42. The van der Waals surface area contributed by atoms with Crippen LogP contribution in [0.15, 0.2) is 0 Å². The van der Waals surface area contributed by atoms with Gasteiger partial charge in [0.1, 0.15) is 6.10 Å². The SMILES string of the molecule is NCC1(C(=O)N2CCN(C(=O)C3CCCO3)CC2)CC1. The van der Waals surface area contributed by atoms with E-state index in [1.807, 2.05) is 9.80 Å². The average molecular weight is 281 g/mol. The number of carbonyl (C=O) groups is 2. The summed E-state index contributed by atoms with van der Waals surface area (Å²) in [6.07, 6.45) is 3.37. The number of hydrogen-bond acceptors (Lipinski definition) is 4. The summed E-state index contributed by atoms with van der Waals surface area (Å²) in [5, 5.41) is 0. The van der Waals surface area contributed by atoms with Crippen molar-refractivity contribution in [3.05, 3.63) is 0 Å². The molecule has 2 heterocycles. The highest BCUT2D eigenvalue weighted by Crippen LogP contribution is 2.46. The van der Waals surface area contributed by atoms with Crippen LogP contribution in [0.1, 0.15) is 25.7 Å². The number of carbonyl (C=O) groups excluding carboxylic acids is 2. The van der Waals surface area contributed by atoms with Gasteiger partial charge in [-0.3, -0.25) is 9.59 Å². The van der Waals surface area contributed by atoms with Gasteiger partial charge in [0.15, 0.2) is 0 Å². The first kappa shape index (κ1) is 13.8. The normalized spacial score (nSPS) is 28.6. The fourth-order valence-corrected chi connectivity index (χ4v) is 3.10. The Labute approximate surface area is 119 Å². The molecular weight excluding hydrogens is 258 g/mol. The number of piperazine rings is 1. The molecule has 1 saturated carbocycles. The minimum atomic E-state index is -0.277. The highest BCUT2D eigenvalue weighted by atomic mass is 16.5. The van der Waals surface area contributed by atoms with Gasteiger partial charge in [0.25, 0.3) is 5.91 Å². The van der Waals surface area contributed by atoms with Gasteiger partial charge in [0.2, 0.25) is 5.91 Å². The molecule has 2 aliphatic heterocycles. The first-order valence-electron chi connectivity index (χ1n) is 7.56. The highest BCUT2D eigenvalue weighted by Gasteiger charge is 2.50. The van der Waals surface area contributed by atoms with E-state index in [2.05, 4.69) is 0 Å². The third-order valence-electron chi connectivity index (χ3n) is 4.78. The molecule has 112 valence electrons. The van der Waals surface area contributed by atoms with E-state index >= 15 is 0 Å². The quantitative estimate of drug-likeness (QED) is 0.762. The number of hydrogen-bond donors (Lipinski definition) is 1. The molecule has 1 atom stereocenters. The van der Waals surface area contributed by atoms with E-state index in [9.17, 15) is 9.59 Å². The fraction of sp³-hybridized carbons (Fsp3) is 0.857. The van der Waals surface area contributed by atoms with E-state index in [4.69, 9.17) is 10.5 Å². The summed E-state index contributed by atoms with van der Waals surface area (Å²) in [5.74, 6) is 0.277. The number of nitrogens with zero attached hydrogens (tertiary/aromatic N) is 2. The van der Waals surface area contributed by atoms with Crippen molar-refractivity contribution in [1.82, 2.24) is 9.80 Å². The molecule has 0 aromatic carbocycles. The van der Waals surface area contributed by atoms with Crippen molar-refractivity contribution in [2.75, 3.05) is 39.3 Å². The maximum Gasteiger partial charge on any atom is 0.251 e. The lowest BCUT2D eigenvalue weighted by atomic mass is 10.1. The Kier molecular flexibility index (Phi) is 3.69. The van der Waals surface area contributed by atoms with Gasteiger partial charge >= 0.3 is 0 Å². The lowest BCUT2D eigenvalue weighted by Crippen LogP contribution is -2.54. The molecular formula is C14H23N3O3. The summed E-state index contributed by atoms with van der Waals surface area (Å²) in [7, 11) is 0. The van der Waals surface area contributed by atoms with Gasteiger partial charge in [0, 0.05) is 39.3 Å². The lowest BCUT2D eigenvalue weighted by Gasteiger charge is -2.37. The second-order valence-electron chi connectivity index (χ2n) is 6.10. The van der Waals surface area contributed by atoms with Gasteiger partial charge in [-0.25, -0.2) is 0 Å². The van der Waals surface area contributed by atoms with Gasteiger partial charge in [-0.2, -0.15) is 0 Å². The maximum absolute atomic E-state index is 12.4. The molecule has 6 nitrogen and oxygen atoms in total. The molecule has 1 unspecified atom stereocenters. The van der Waals surface area contributed by atoms with Crippen molar-refractivity contribution < 1.29 is 14.3 Å². The summed E-state index contributed by atoms with van der Waals surface area (Å²) in [4.78, 5) is 28.3. The van der Waals surface area contributed by atoms with Crippen molar-refractivity contribution in [2.24, 2.45) is 11.1 Å². The van der Waals surface area contributed by atoms with Crippen LogP contribution in [0, 0.1) is 5.41 Å². The van der Waals surface area contributed by atoms with Crippen LogP contribution in [0.25, 0.3) is 0 Å². The smallest absolute Gasteiger partial charge is 0.251 e. The van der Waals surface area contributed by atoms with E-state index in [1.165, 1.54) is 0 Å². The molecule has 2 saturated heterocycles. The molecule has 0 spiro atoms. The predicted octanol–water partition coefficient (Wildman–Crippen LogP) is -0.425. The molecule has 1 aliphatic carbocycles. The Balaban J connectivity index is 1.52. The highest BCUT2D eigenvalue weighted by molar-refractivity contribution is 5.86.